The monoisotopic (exact) mass is 242 g/mol. The summed E-state index contributed by atoms with van der Waals surface area (Å²) in [5.74, 6) is 0.788. The van der Waals surface area contributed by atoms with Crippen LogP contribution in [0.1, 0.15) is 25.7 Å². The summed E-state index contributed by atoms with van der Waals surface area (Å²) in [4.78, 5) is 8.41. The number of hydrogen-bond acceptors (Lipinski definition) is 3. The Hall–Kier alpha value is -1.84. The van der Waals surface area contributed by atoms with Gasteiger partial charge in [0.15, 0.2) is 0 Å². The minimum absolute atomic E-state index is 0.762. The van der Waals surface area contributed by atoms with Crippen molar-refractivity contribution in [1.82, 2.24) is 14.5 Å². The predicted molar refractivity (Wildman–Crippen MR) is 71.8 cm³/mol. The molecule has 0 radical (unpaired) electrons. The Morgan fingerprint density at radius 3 is 2.83 bits per heavy atom. The fourth-order valence-corrected chi connectivity index (χ4v) is 2.78. The molecule has 18 heavy (non-hydrogen) atoms. The van der Waals surface area contributed by atoms with Gasteiger partial charge in [0.25, 0.3) is 0 Å². The van der Waals surface area contributed by atoms with Gasteiger partial charge in [-0.25, -0.2) is 4.98 Å². The van der Waals surface area contributed by atoms with Crippen molar-refractivity contribution in [2.45, 2.75) is 32.2 Å². The first-order chi connectivity index (χ1) is 8.84. The van der Waals surface area contributed by atoms with Crippen molar-refractivity contribution in [3.63, 3.8) is 0 Å². The van der Waals surface area contributed by atoms with Crippen LogP contribution in [0.4, 0.5) is 5.69 Å². The fourth-order valence-electron chi connectivity index (χ4n) is 2.78. The van der Waals surface area contributed by atoms with Crippen LogP contribution in [-0.4, -0.2) is 14.5 Å². The maximum Gasteiger partial charge on any atom is 0.0951 e. The van der Waals surface area contributed by atoms with Gasteiger partial charge in [0, 0.05) is 30.2 Å². The van der Waals surface area contributed by atoms with Crippen LogP contribution in [0.25, 0.3) is 11.3 Å². The number of nitrogen functional groups attached to an aromatic ring is 1. The lowest BCUT2D eigenvalue weighted by Gasteiger charge is -2.13. The van der Waals surface area contributed by atoms with Crippen molar-refractivity contribution in [3.8, 4) is 11.3 Å². The maximum atomic E-state index is 6.01. The molecule has 2 aromatic rings. The summed E-state index contributed by atoms with van der Waals surface area (Å²) < 4.78 is 2.21. The van der Waals surface area contributed by atoms with Crippen LogP contribution in [0.3, 0.4) is 0 Å². The van der Waals surface area contributed by atoms with E-state index in [4.69, 9.17) is 5.73 Å². The van der Waals surface area contributed by atoms with Gasteiger partial charge in [-0.1, -0.05) is 12.8 Å². The van der Waals surface area contributed by atoms with Gasteiger partial charge in [0.05, 0.1) is 18.2 Å². The highest BCUT2D eigenvalue weighted by Gasteiger charge is 2.17. The smallest absolute Gasteiger partial charge is 0.0951 e. The van der Waals surface area contributed by atoms with E-state index in [0.717, 1.165) is 29.4 Å². The van der Waals surface area contributed by atoms with Gasteiger partial charge < -0.3 is 10.3 Å². The standard InChI is InChI=1S/C14H18N4/c15-13-5-6-16-7-12(13)14-8-17-10-18(14)9-11-3-1-2-4-11/h5-8,10-11H,1-4,9H2,(H2,15,16). The van der Waals surface area contributed by atoms with Gasteiger partial charge in [0.2, 0.25) is 0 Å². The first-order valence-electron chi connectivity index (χ1n) is 6.54. The molecule has 0 saturated heterocycles. The topological polar surface area (TPSA) is 56.7 Å². The highest BCUT2D eigenvalue weighted by atomic mass is 15.0. The number of hydrogen-bond donors (Lipinski definition) is 1. The molecule has 0 aliphatic heterocycles. The molecule has 0 amide bonds. The van der Waals surface area contributed by atoms with E-state index in [0.29, 0.717) is 0 Å². The largest absolute Gasteiger partial charge is 0.398 e. The average Bonchev–Trinajstić information content (AvgIpc) is 3.02. The Morgan fingerprint density at radius 2 is 2.06 bits per heavy atom. The first-order valence-corrected chi connectivity index (χ1v) is 6.54. The molecule has 1 fully saturated rings. The van der Waals surface area contributed by atoms with E-state index < -0.39 is 0 Å². The molecular formula is C14H18N4. The van der Waals surface area contributed by atoms with Crippen molar-refractivity contribution in [1.29, 1.82) is 0 Å². The second-order valence-corrected chi connectivity index (χ2v) is 5.04. The molecule has 1 saturated carbocycles. The van der Waals surface area contributed by atoms with E-state index in [9.17, 15) is 0 Å². The highest BCUT2D eigenvalue weighted by Crippen LogP contribution is 2.29. The summed E-state index contributed by atoms with van der Waals surface area (Å²) in [6, 6.07) is 1.84. The van der Waals surface area contributed by atoms with Gasteiger partial charge in [0.1, 0.15) is 0 Å². The summed E-state index contributed by atoms with van der Waals surface area (Å²) in [6.07, 6.45) is 12.7. The zero-order valence-electron chi connectivity index (χ0n) is 10.4. The zero-order valence-corrected chi connectivity index (χ0v) is 10.4. The van der Waals surface area contributed by atoms with Crippen molar-refractivity contribution < 1.29 is 0 Å². The van der Waals surface area contributed by atoms with Crippen molar-refractivity contribution >= 4 is 5.69 Å². The van der Waals surface area contributed by atoms with Crippen molar-refractivity contribution in [2.24, 2.45) is 5.92 Å². The Balaban J connectivity index is 1.89. The van der Waals surface area contributed by atoms with E-state index in [-0.39, 0.29) is 0 Å². The number of nitrogens with two attached hydrogens (primary N) is 1. The molecule has 0 unspecified atom stereocenters. The lowest BCUT2D eigenvalue weighted by molar-refractivity contribution is 0.459. The van der Waals surface area contributed by atoms with E-state index in [1.807, 2.05) is 24.8 Å². The second-order valence-electron chi connectivity index (χ2n) is 5.04. The molecule has 0 aromatic carbocycles. The Labute approximate surface area is 107 Å². The molecule has 2 heterocycles. The first kappa shape index (κ1) is 11.3. The number of nitrogens with zero attached hydrogens (tertiary/aromatic N) is 3. The van der Waals surface area contributed by atoms with Crippen LogP contribution >= 0.6 is 0 Å². The molecule has 1 aliphatic carbocycles. The molecule has 0 atom stereocenters. The van der Waals surface area contributed by atoms with E-state index >= 15 is 0 Å². The molecule has 2 aromatic heterocycles. The van der Waals surface area contributed by atoms with Gasteiger partial charge in [-0.15, -0.1) is 0 Å². The summed E-state index contributed by atoms with van der Waals surface area (Å²) >= 11 is 0. The van der Waals surface area contributed by atoms with Crippen molar-refractivity contribution in [3.05, 3.63) is 31.0 Å². The van der Waals surface area contributed by atoms with Crippen LogP contribution in [0.2, 0.25) is 0 Å². The highest BCUT2D eigenvalue weighted by molar-refractivity contribution is 5.72. The molecule has 1 aliphatic rings. The van der Waals surface area contributed by atoms with E-state index in [1.54, 1.807) is 6.20 Å². The molecule has 3 rings (SSSR count). The number of imidazole rings is 1. The van der Waals surface area contributed by atoms with Crippen molar-refractivity contribution in [2.75, 3.05) is 5.73 Å². The second kappa shape index (κ2) is 4.80. The molecule has 4 heteroatoms. The zero-order chi connectivity index (χ0) is 12.4. The quantitative estimate of drug-likeness (QED) is 0.900. The maximum absolute atomic E-state index is 6.01. The third kappa shape index (κ3) is 2.10. The molecule has 0 spiro atoms. The third-order valence-corrected chi connectivity index (χ3v) is 3.77. The Kier molecular flexibility index (Phi) is 3.00. The Bertz CT molecular complexity index is 526. The lowest BCUT2D eigenvalue weighted by atomic mass is 10.1. The lowest BCUT2D eigenvalue weighted by Crippen LogP contribution is -2.08. The number of pyridine rings is 1. The van der Waals surface area contributed by atoms with Gasteiger partial charge in [-0.2, -0.15) is 0 Å². The molecular weight excluding hydrogens is 224 g/mol. The van der Waals surface area contributed by atoms with E-state index in [1.165, 1.54) is 25.7 Å². The Morgan fingerprint density at radius 1 is 1.22 bits per heavy atom. The fraction of sp³-hybridized carbons (Fsp3) is 0.429. The third-order valence-electron chi connectivity index (χ3n) is 3.77. The number of anilines is 1. The molecule has 0 bridgehead atoms. The van der Waals surface area contributed by atoms with Crippen LogP contribution in [0.15, 0.2) is 31.0 Å². The molecule has 94 valence electrons. The van der Waals surface area contributed by atoms with E-state index in [2.05, 4.69) is 14.5 Å². The van der Waals surface area contributed by atoms with Gasteiger partial charge >= 0.3 is 0 Å². The van der Waals surface area contributed by atoms with Crippen LogP contribution in [-0.2, 0) is 6.54 Å². The van der Waals surface area contributed by atoms with Crippen LogP contribution < -0.4 is 5.73 Å². The minimum Gasteiger partial charge on any atom is -0.398 e. The number of rotatable bonds is 3. The summed E-state index contributed by atoms with van der Waals surface area (Å²) in [6.45, 7) is 1.05. The summed E-state index contributed by atoms with van der Waals surface area (Å²) in [5, 5.41) is 0. The average molecular weight is 242 g/mol. The SMILES string of the molecule is Nc1ccncc1-c1cncn1CC1CCCC1. The summed E-state index contributed by atoms with van der Waals surface area (Å²) in [7, 11) is 0. The number of aromatic nitrogens is 3. The van der Waals surface area contributed by atoms with Crippen LogP contribution in [0, 0.1) is 5.92 Å². The normalized spacial score (nSPS) is 16.2. The molecule has 4 nitrogen and oxygen atoms in total. The van der Waals surface area contributed by atoms with Gasteiger partial charge in [-0.05, 0) is 24.8 Å². The van der Waals surface area contributed by atoms with Gasteiger partial charge in [-0.3, -0.25) is 4.98 Å². The van der Waals surface area contributed by atoms with Crippen LogP contribution in [0.5, 0.6) is 0 Å². The predicted octanol–water partition coefficient (Wildman–Crippen LogP) is 2.72. The summed E-state index contributed by atoms with van der Waals surface area (Å²) in [5.41, 5.74) is 8.83. The minimum atomic E-state index is 0.762. The molecule has 2 N–H and O–H groups in total.